The summed E-state index contributed by atoms with van der Waals surface area (Å²) in [5.41, 5.74) is 1.57. The standard InChI is InChI=1S/C30H30ClFN4O5/c1-30(2)15-23-24(14-19(31)17-33-23)36(29(30)40)20-7-10-35(11-8-20)28(39)27-22(32)13-18(16-34-27)21-5-3-4-6-25(21)41-12-9-26(37)38/h3-6,13-14,16-17,20H,7-12,15H2,1-2H3,(H,37,38). The molecule has 0 atom stereocenters. The van der Waals surface area contributed by atoms with Gasteiger partial charge in [-0.25, -0.2) is 9.37 Å². The molecule has 0 radical (unpaired) electrons. The molecule has 214 valence electrons. The number of benzene rings is 1. The van der Waals surface area contributed by atoms with E-state index in [1.165, 1.54) is 12.3 Å². The quantitative estimate of drug-likeness (QED) is 0.418. The number of nitrogens with zero attached hydrogens (tertiary/aromatic N) is 4. The first-order valence-electron chi connectivity index (χ1n) is 13.4. The molecule has 2 aliphatic heterocycles. The Kier molecular flexibility index (Phi) is 7.95. The van der Waals surface area contributed by atoms with Crippen molar-refractivity contribution in [2.75, 3.05) is 24.6 Å². The molecule has 1 saturated heterocycles. The molecule has 1 aromatic carbocycles. The molecule has 2 aliphatic rings. The van der Waals surface area contributed by atoms with Gasteiger partial charge in [-0.1, -0.05) is 43.6 Å². The molecule has 3 aromatic rings. The molecule has 2 aromatic heterocycles. The van der Waals surface area contributed by atoms with Gasteiger partial charge < -0.3 is 19.6 Å². The predicted octanol–water partition coefficient (Wildman–Crippen LogP) is 5.01. The Labute approximate surface area is 241 Å². The van der Waals surface area contributed by atoms with Gasteiger partial charge in [0.25, 0.3) is 5.91 Å². The molecule has 41 heavy (non-hydrogen) atoms. The van der Waals surface area contributed by atoms with E-state index in [-0.39, 0.29) is 30.7 Å². The van der Waals surface area contributed by atoms with Gasteiger partial charge >= 0.3 is 5.97 Å². The van der Waals surface area contributed by atoms with Gasteiger partial charge in [-0.3, -0.25) is 19.4 Å². The van der Waals surface area contributed by atoms with E-state index < -0.39 is 23.1 Å². The molecule has 0 bridgehead atoms. The van der Waals surface area contributed by atoms with Crippen molar-refractivity contribution in [1.29, 1.82) is 0 Å². The first kappa shape index (κ1) is 28.5. The van der Waals surface area contributed by atoms with Gasteiger partial charge in [-0.05, 0) is 31.0 Å². The molecule has 11 heteroatoms. The number of anilines is 1. The number of aliphatic carboxylic acids is 1. The smallest absolute Gasteiger partial charge is 0.306 e. The first-order chi connectivity index (χ1) is 19.5. The van der Waals surface area contributed by atoms with Crippen molar-refractivity contribution in [3.63, 3.8) is 0 Å². The van der Waals surface area contributed by atoms with Crippen molar-refractivity contribution in [2.24, 2.45) is 5.41 Å². The number of ether oxygens (including phenoxy) is 1. The summed E-state index contributed by atoms with van der Waals surface area (Å²) in [5.74, 6) is -1.88. The summed E-state index contributed by atoms with van der Waals surface area (Å²) in [6.45, 7) is 4.43. The molecule has 1 fully saturated rings. The molecular weight excluding hydrogens is 551 g/mol. The number of aromatic nitrogens is 2. The number of halogens is 2. The second-order valence-corrected chi connectivity index (χ2v) is 11.4. The van der Waals surface area contributed by atoms with E-state index in [0.717, 1.165) is 5.69 Å². The van der Waals surface area contributed by atoms with Crippen LogP contribution in [0.15, 0.2) is 48.8 Å². The number of carboxylic acid groups (broad SMARTS) is 1. The largest absolute Gasteiger partial charge is 0.492 e. The lowest BCUT2D eigenvalue weighted by Gasteiger charge is -2.44. The van der Waals surface area contributed by atoms with Crippen LogP contribution in [0.4, 0.5) is 10.1 Å². The van der Waals surface area contributed by atoms with Gasteiger partial charge in [0.2, 0.25) is 5.91 Å². The van der Waals surface area contributed by atoms with Gasteiger partial charge in [0, 0.05) is 54.5 Å². The minimum Gasteiger partial charge on any atom is -0.492 e. The maximum absolute atomic E-state index is 15.2. The minimum atomic E-state index is -0.986. The molecule has 0 saturated carbocycles. The van der Waals surface area contributed by atoms with Crippen LogP contribution >= 0.6 is 11.6 Å². The van der Waals surface area contributed by atoms with E-state index in [1.807, 2.05) is 13.8 Å². The molecule has 2 amide bonds. The van der Waals surface area contributed by atoms with Crippen LogP contribution in [0.3, 0.4) is 0 Å². The zero-order valence-electron chi connectivity index (χ0n) is 22.8. The Balaban J connectivity index is 1.29. The molecule has 9 nitrogen and oxygen atoms in total. The number of hydrogen-bond acceptors (Lipinski definition) is 6. The van der Waals surface area contributed by atoms with Crippen LogP contribution in [0.5, 0.6) is 5.75 Å². The number of carbonyl (C=O) groups is 3. The van der Waals surface area contributed by atoms with Crippen molar-refractivity contribution < 1.29 is 28.6 Å². The van der Waals surface area contributed by atoms with Gasteiger partial charge in [0.05, 0.1) is 29.4 Å². The normalized spacial score (nSPS) is 16.8. The number of pyridine rings is 2. The van der Waals surface area contributed by atoms with Crippen molar-refractivity contribution in [1.82, 2.24) is 14.9 Å². The Morgan fingerprint density at radius 2 is 1.88 bits per heavy atom. The van der Waals surface area contributed by atoms with Gasteiger partial charge in [0.1, 0.15) is 5.75 Å². The van der Waals surface area contributed by atoms with Gasteiger partial charge in [0.15, 0.2) is 11.5 Å². The van der Waals surface area contributed by atoms with Crippen LogP contribution in [-0.2, 0) is 16.0 Å². The number of para-hydroxylation sites is 1. The average Bonchev–Trinajstić information content (AvgIpc) is 2.94. The lowest BCUT2D eigenvalue weighted by atomic mass is 9.81. The van der Waals surface area contributed by atoms with Crippen LogP contribution in [0.25, 0.3) is 11.1 Å². The van der Waals surface area contributed by atoms with Crippen molar-refractivity contribution >= 4 is 35.1 Å². The molecule has 0 unspecified atom stereocenters. The first-order valence-corrected chi connectivity index (χ1v) is 13.8. The third-order valence-electron chi connectivity index (χ3n) is 7.51. The Bertz CT molecular complexity index is 1510. The number of piperidine rings is 1. The fourth-order valence-electron chi connectivity index (χ4n) is 5.39. The van der Waals surface area contributed by atoms with Crippen molar-refractivity contribution in [3.8, 4) is 16.9 Å². The predicted molar refractivity (Wildman–Crippen MR) is 151 cm³/mol. The number of fused-ring (bicyclic) bond motifs is 1. The third kappa shape index (κ3) is 5.88. The fourth-order valence-corrected chi connectivity index (χ4v) is 5.54. The summed E-state index contributed by atoms with van der Waals surface area (Å²) >= 11 is 6.22. The highest BCUT2D eigenvalue weighted by atomic mass is 35.5. The highest BCUT2D eigenvalue weighted by Crippen LogP contribution is 2.40. The SMILES string of the molecule is CC1(C)Cc2ncc(Cl)cc2N(C2CCN(C(=O)c3ncc(-c4ccccc4OCCC(=O)O)cc3F)CC2)C1=O. The number of carboxylic acids is 1. The molecular formula is C30H30ClFN4O5. The number of likely N-dealkylation sites (tertiary alicyclic amines) is 1. The molecule has 0 aliphatic carbocycles. The highest BCUT2D eigenvalue weighted by molar-refractivity contribution is 6.30. The summed E-state index contributed by atoms with van der Waals surface area (Å²) in [4.78, 5) is 49.5. The zero-order chi connectivity index (χ0) is 29.3. The Morgan fingerprint density at radius 3 is 2.59 bits per heavy atom. The number of rotatable bonds is 7. The topological polar surface area (TPSA) is 113 Å². The Morgan fingerprint density at radius 1 is 1.15 bits per heavy atom. The number of hydrogen-bond donors (Lipinski definition) is 1. The summed E-state index contributed by atoms with van der Waals surface area (Å²) in [6.07, 6.45) is 4.37. The summed E-state index contributed by atoms with van der Waals surface area (Å²) in [6, 6.07) is 9.70. The Hall–Kier alpha value is -4.05. The highest BCUT2D eigenvalue weighted by Gasteiger charge is 2.43. The minimum absolute atomic E-state index is 0.00522. The van der Waals surface area contributed by atoms with Gasteiger partial charge in [-0.15, -0.1) is 0 Å². The van der Waals surface area contributed by atoms with Gasteiger partial charge in [-0.2, -0.15) is 0 Å². The lowest BCUT2D eigenvalue weighted by Crippen LogP contribution is -2.55. The summed E-state index contributed by atoms with van der Waals surface area (Å²) in [5, 5.41) is 9.32. The maximum atomic E-state index is 15.2. The van der Waals surface area contributed by atoms with E-state index in [9.17, 15) is 14.4 Å². The summed E-state index contributed by atoms with van der Waals surface area (Å²) < 4.78 is 20.8. The van der Waals surface area contributed by atoms with E-state index in [2.05, 4.69) is 9.97 Å². The van der Waals surface area contributed by atoms with Crippen LogP contribution in [0.1, 0.15) is 49.3 Å². The maximum Gasteiger partial charge on any atom is 0.306 e. The van der Waals surface area contributed by atoms with E-state index in [1.54, 1.807) is 46.3 Å². The zero-order valence-corrected chi connectivity index (χ0v) is 23.5. The van der Waals surface area contributed by atoms with Crippen LogP contribution in [0.2, 0.25) is 5.02 Å². The van der Waals surface area contributed by atoms with Crippen LogP contribution in [0, 0.1) is 11.2 Å². The third-order valence-corrected chi connectivity index (χ3v) is 7.72. The number of carbonyl (C=O) groups excluding carboxylic acids is 2. The summed E-state index contributed by atoms with van der Waals surface area (Å²) in [7, 11) is 0. The second kappa shape index (κ2) is 11.4. The van der Waals surface area contributed by atoms with E-state index in [4.69, 9.17) is 21.4 Å². The lowest BCUT2D eigenvalue weighted by molar-refractivity contribution is -0.137. The average molecular weight is 581 g/mol. The van der Waals surface area contributed by atoms with Crippen molar-refractivity contribution in [2.45, 2.75) is 45.6 Å². The van der Waals surface area contributed by atoms with Crippen LogP contribution in [-0.4, -0.2) is 63.5 Å². The molecule has 1 N–H and O–H groups in total. The second-order valence-electron chi connectivity index (χ2n) is 10.9. The monoisotopic (exact) mass is 580 g/mol. The molecule has 0 spiro atoms. The van der Waals surface area contributed by atoms with E-state index >= 15 is 4.39 Å². The van der Waals surface area contributed by atoms with Crippen LogP contribution < -0.4 is 9.64 Å². The fraction of sp³-hybridized carbons (Fsp3) is 0.367. The molecule has 4 heterocycles. The van der Waals surface area contributed by atoms with Crippen molar-refractivity contribution in [3.05, 3.63) is 71.0 Å². The number of amides is 2. The van der Waals surface area contributed by atoms with E-state index in [0.29, 0.717) is 59.9 Å². The molecule has 5 rings (SSSR count).